The number of ketones is 1. The molecule has 2 atom stereocenters. The molecule has 2 heterocycles. The molecule has 1 spiro atoms. The molecule has 4 nitrogen and oxygen atoms in total. The molecule has 14 heavy (non-hydrogen) atoms. The van der Waals surface area contributed by atoms with Gasteiger partial charge in [-0.3, -0.25) is 9.59 Å². The second-order valence-corrected chi connectivity index (χ2v) is 4.29. The van der Waals surface area contributed by atoms with Crippen LogP contribution in [0.2, 0.25) is 0 Å². The molecule has 2 N–H and O–H groups in total. The second kappa shape index (κ2) is 3.51. The van der Waals surface area contributed by atoms with Crippen LogP contribution in [0.3, 0.4) is 0 Å². The summed E-state index contributed by atoms with van der Waals surface area (Å²) in [6.45, 7) is 1.33. The average Bonchev–Trinajstić information content (AvgIpc) is 2.76. The maximum absolute atomic E-state index is 11.6. The van der Waals surface area contributed by atoms with Crippen LogP contribution < -0.4 is 10.6 Å². The molecule has 2 rings (SSSR count). The summed E-state index contributed by atoms with van der Waals surface area (Å²) < 4.78 is 0. The van der Waals surface area contributed by atoms with Crippen molar-refractivity contribution < 1.29 is 9.59 Å². The van der Waals surface area contributed by atoms with Gasteiger partial charge in [-0.2, -0.15) is 0 Å². The third kappa shape index (κ3) is 1.42. The van der Waals surface area contributed by atoms with E-state index in [9.17, 15) is 9.59 Å². The fourth-order valence-corrected chi connectivity index (χ4v) is 2.44. The summed E-state index contributed by atoms with van der Waals surface area (Å²) in [7, 11) is 0. The highest BCUT2D eigenvalue weighted by atomic mass is 35.5. The van der Waals surface area contributed by atoms with Crippen molar-refractivity contribution in [2.45, 2.75) is 18.9 Å². The summed E-state index contributed by atoms with van der Waals surface area (Å²) >= 11 is 5.47. The van der Waals surface area contributed by atoms with E-state index in [0.29, 0.717) is 13.0 Å². The fraction of sp³-hybridized carbons (Fsp3) is 0.778. The van der Waals surface area contributed by atoms with Crippen molar-refractivity contribution in [2.75, 3.05) is 19.0 Å². The van der Waals surface area contributed by atoms with Crippen LogP contribution in [0, 0.1) is 5.41 Å². The predicted octanol–water partition coefficient (Wildman–Crippen LogP) is -0.338. The molecule has 0 saturated carbocycles. The van der Waals surface area contributed by atoms with Gasteiger partial charge >= 0.3 is 0 Å². The lowest BCUT2D eigenvalue weighted by molar-refractivity contribution is -0.126. The predicted molar refractivity (Wildman–Crippen MR) is 52.2 cm³/mol. The Morgan fingerprint density at radius 1 is 1.64 bits per heavy atom. The first-order valence-corrected chi connectivity index (χ1v) is 5.32. The second-order valence-electron chi connectivity index (χ2n) is 4.02. The van der Waals surface area contributed by atoms with Gasteiger partial charge in [0.05, 0.1) is 17.3 Å². The summed E-state index contributed by atoms with van der Waals surface area (Å²) in [5.41, 5.74) is -0.341. The van der Waals surface area contributed by atoms with E-state index in [2.05, 4.69) is 10.6 Å². The van der Waals surface area contributed by atoms with Gasteiger partial charge in [0.1, 0.15) is 0 Å². The summed E-state index contributed by atoms with van der Waals surface area (Å²) in [5, 5.41) is 5.88. The van der Waals surface area contributed by atoms with Gasteiger partial charge < -0.3 is 10.6 Å². The SMILES string of the molecule is O=C(CCl)C1CC2(CCNC2=O)CN1. The van der Waals surface area contributed by atoms with Crippen molar-refractivity contribution in [2.24, 2.45) is 5.41 Å². The smallest absolute Gasteiger partial charge is 0.227 e. The van der Waals surface area contributed by atoms with Crippen LogP contribution in [-0.4, -0.2) is 36.7 Å². The Kier molecular flexibility index (Phi) is 2.49. The molecule has 2 fully saturated rings. The van der Waals surface area contributed by atoms with E-state index >= 15 is 0 Å². The maximum atomic E-state index is 11.6. The van der Waals surface area contributed by atoms with Crippen LogP contribution >= 0.6 is 11.6 Å². The third-order valence-corrected chi connectivity index (χ3v) is 3.44. The first kappa shape index (κ1) is 9.93. The zero-order valence-corrected chi connectivity index (χ0v) is 8.56. The normalized spacial score (nSPS) is 36.4. The van der Waals surface area contributed by atoms with Crippen LogP contribution in [0.5, 0.6) is 0 Å². The molecule has 0 radical (unpaired) electrons. The van der Waals surface area contributed by atoms with Gasteiger partial charge in [-0.1, -0.05) is 0 Å². The number of carbonyl (C=O) groups excluding carboxylic acids is 2. The van der Waals surface area contributed by atoms with Gasteiger partial charge in [0.25, 0.3) is 0 Å². The van der Waals surface area contributed by atoms with E-state index in [1.54, 1.807) is 0 Å². The maximum Gasteiger partial charge on any atom is 0.227 e. The Hall–Kier alpha value is -0.610. The number of Topliss-reactive ketones (excluding diaryl/α,β-unsaturated/α-hetero) is 1. The average molecular weight is 217 g/mol. The number of hydrogen-bond donors (Lipinski definition) is 2. The standard InChI is InChI=1S/C9H13ClN2O2/c10-4-7(13)6-3-9(5-12-6)1-2-11-8(9)14/h6,12H,1-5H2,(H,11,14). The van der Waals surface area contributed by atoms with Crippen molar-refractivity contribution in [1.29, 1.82) is 0 Å². The molecule has 2 aliphatic rings. The van der Waals surface area contributed by atoms with Crippen LogP contribution in [0.4, 0.5) is 0 Å². The lowest BCUT2D eigenvalue weighted by Gasteiger charge is -2.17. The van der Waals surface area contributed by atoms with Crippen LogP contribution in [0.15, 0.2) is 0 Å². The lowest BCUT2D eigenvalue weighted by atomic mass is 9.83. The number of nitrogens with one attached hydrogen (secondary N) is 2. The van der Waals surface area contributed by atoms with E-state index < -0.39 is 0 Å². The fourth-order valence-electron chi connectivity index (χ4n) is 2.25. The van der Waals surface area contributed by atoms with Crippen molar-refractivity contribution in [3.8, 4) is 0 Å². The van der Waals surface area contributed by atoms with Crippen molar-refractivity contribution in [1.82, 2.24) is 10.6 Å². The van der Waals surface area contributed by atoms with Gasteiger partial charge in [-0.15, -0.1) is 11.6 Å². The van der Waals surface area contributed by atoms with E-state index in [-0.39, 0.29) is 29.0 Å². The number of alkyl halides is 1. The van der Waals surface area contributed by atoms with Gasteiger partial charge in [0.2, 0.25) is 5.91 Å². The van der Waals surface area contributed by atoms with Crippen LogP contribution in [0.1, 0.15) is 12.8 Å². The van der Waals surface area contributed by atoms with E-state index in [1.165, 1.54) is 0 Å². The Labute approximate surface area is 87.4 Å². The molecule has 0 aliphatic carbocycles. The molecule has 2 aliphatic heterocycles. The molecule has 0 aromatic carbocycles. The summed E-state index contributed by atoms with van der Waals surface area (Å²) in [6, 6.07) is -0.226. The van der Waals surface area contributed by atoms with Crippen LogP contribution in [0.25, 0.3) is 0 Å². The highest BCUT2D eigenvalue weighted by Gasteiger charge is 2.49. The Morgan fingerprint density at radius 3 is 3.00 bits per heavy atom. The lowest BCUT2D eigenvalue weighted by Crippen LogP contribution is -2.32. The summed E-state index contributed by atoms with van der Waals surface area (Å²) in [4.78, 5) is 22.9. The van der Waals surface area contributed by atoms with Gasteiger partial charge in [-0.05, 0) is 12.8 Å². The Balaban J connectivity index is 2.06. The highest BCUT2D eigenvalue weighted by Crippen LogP contribution is 2.36. The van der Waals surface area contributed by atoms with Crippen molar-refractivity contribution in [3.05, 3.63) is 0 Å². The summed E-state index contributed by atoms with van der Waals surface area (Å²) in [5.74, 6) is 0.0909. The van der Waals surface area contributed by atoms with Gasteiger partial charge in [0.15, 0.2) is 5.78 Å². The zero-order chi connectivity index (χ0) is 10.2. The molecular formula is C9H13ClN2O2. The van der Waals surface area contributed by atoms with Crippen molar-refractivity contribution in [3.63, 3.8) is 0 Å². The number of amides is 1. The highest BCUT2D eigenvalue weighted by molar-refractivity contribution is 6.28. The zero-order valence-electron chi connectivity index (χ0n) is 7.81. The largest absolute Gasteiger partial charge is 0.356 e. The van der Waals surface area contributed by atoms with Gasteiger partial charge in [0, 0.05) is 13.1 Å². The molecule has 2 saturated heterocycles. The molecule has 2 unspecified atom stereocenters. The minimum absolute atomic E-state index is 0.0109. The minimum atomic E-state index is -0.341. The molecule has 5 heteroatoms. The molecule has 0 bridgehead atoms. The quantitative estimate of drug-likeness (QED) is 0.622. The summed E-state index contributed by atoms with van der Waals surface area (Å²) in [6.07, 6.45) is 1.43. The molecule has 0 aromatic heterocycles. The van der Waals surface area contributed by atoms with E-state index in [0.717, 1.165) is 13.0 Å². The Bertz CT molecular complexity index is 282. The number of rotatable bonds is 2. The van der Waals surface area contributed by atoms with Crippen LogP contribution in [-0.2, 0) is 9.59 Å². The van der Waals surface area contributed by atoms with Crippen molar-refractivity contribution >= 4 is 23.3 Å². The molecule has 0 aromatic rings. The molecule has 78 valence electrons. The van der Waals surface area contributed by atoms with E-state index in [1.807, 2.05) is 0 Å². The number of carbonyl (C=O) groups is 2. The number of hydrogen-bond acceptors (Lipinski definition) is 3. The van der Waals surface area contributed by atoms with Gasteiger partial charge in [-0.25, -0.2) is 0 Å². The topological polar surface area (TPSA) is 58.2 Å². The molecule has 1 amide bonds. The molecular weight excluding hydrogens is 204 g/mol. The Morgan fingerprint density at radius 2 is 2.43 bits per heavy atom. The first-order chi connectivity index (χ1) is 6.68. The third-order valence-electron chi connectivity index (χ3n) is 3.17. The number of halogens is 1. The minimum Gasteiger partial charge on any atom is -0.356 e. The first-order valence-electron chi connectivity index (χ1n) is 4.78. The monoisotopic (exact) mass is 216 g/mol. The van der Waals surface area contributed by atoms with E-state index in [4.69, 9.17) is 11.6 Å².